The Labute approximate surface area is 106 Å². The van der Waals surface area contributed by atoms with E-state index in [0.717, 1.165) is 37.9 Å². The molecule has 0 aromatic carbocycles. The average Bonchev–Trinajstić information content (AvgIpc) is 3.15. The molecule has 0 spiro atoms. The lowest BCUT2D eigenvalue weighted by Crippen LogP contribution is -2.57. The first-order valence-corrected chi connectivity index (χ1v) is 7.54. The van der Waals surface area contributed by atoms with Gasteiger partial charge < -0.3 is 10.2 Å². The van der Waals surface area contributed by atoms with Crippen LogP contribution in [0.5, 0.6) is 0 Å². The largest absolute Gasteiger partial charge is 0.480 e. The summed E-state index contributed by atoms with van der Waals surface area (Å²) in [5, 5.41) is 21.6. The van der Waals surface area contributed by atoms with Crippen LogP contribution < -0.4 is 5.32 Å². The van der Waals surface area contributed by atoms with Gasteiger partial charge in [-0.25, -0.2) is 0 Å². The molecule has 0 radical (unpaired) electrons. The number of hydrogen-bond donors (Lipinski definition) is 3. The Bertz CT molecular complexity index is 279. The van der Waals surface area contributed by atoms with Gasteiger partial charge in [-0.15, -0.1) is 0 Å². The second kappa shape index (κ2) is 5.59. The molecule has 2 rings (SSSR count). The van der Waals surface area contributed by atoms with Crippen LogP contribution in [0, 0.1) is 5.92 Å². The van der Waals surface area contributed by atoms with E-state index < -0.39 is 11.5 Å². The Morgan fingerprint density at radius 2 is 2.06 bits per heavy atom. The highest BCUT2D eigenvalue weighted by molar-refractivity contribution is 7.99. The van der Waals surface area contributed by atoms with Crippen molar-refractivity contribution in [2.45, 2.75) is 43.7 Å². The lowest BCUT2D eigenvalue weighted by atomic mass is 9.95. The van der Waals surface area contributed by atoms with Crippen LogP contribution in [-0.2, 0) is 4.79 Å². The molecule has 0 amide bonds. The molecule has 1 atom stereocenters. The van der Waals surface area contributed by atoms with Gasteiger partial charge in [0.15, 0.2) is 0 Å². The molecule has 1 unspecified atom stereocenters. The van der Waals surface area contributed by atoms with Crippen LogP contribution in [0.2, 0.25) is 0 Å². The molecule has 98 valence electrons. The van der Waals surface area contributed by atoms with Gasteiger partial charge in [-0.05, 0) is 43.8 Å². The van der Waals surface area contributed by atoms with E-state index in [9.17, 15) is 9.90 Å². The van der Waals surface area contributed by atoms with Gasteiger partial charge >= 0.3 is 5.97 Å². The summed E-state index contributed by atoms with van der Waals surface area (Å²) in [5.41, 5.74) is -0.707. The van der Waals surface area contributed by atoms with Gasteiger partial charge in [0.2, 0.25) is 0 Å². The van der Waals surface area contributed by atoms with Gasteiger partial charge in [0, 0.05) is 18.4 Å². The molecule has 2 saturated carbocycles. The predicted octanol–water partition coefficient (Wildman–Crippen LogP) is 1.09. The molecule has 4 nitrogen and oxygen atoms in total. The van der Waals surface area contributed by atoms with Crippen LogP contribution >= 0.6 is 11.8 Å². The maximum Gasteiger partial charge on any atom is 0.325 e. The molecular formula is C12H21NO3S. The Morgan fingerprint density at radius 3 is 2.53 bits per heavy atom. The third-order valence-electron chi connectivity index (χ3n) is 3.47. The number of aliphatic carboxylic acids is 1. The van der Waals surface area contributed by atoms with Crippen LogP contribution in [0.25, 0.3) is 0 Å². The summed E-state index contributed by atoms with van der Waals surface area (Å²) in [7, 11) is 0. The van der Waals surface area contributed by atoms with Gasteiger partial charge in [-0.2, -0.15) is 11.8 Å². The second-order valence-corrected chi connectivity index (χ2v) is 6.20. The molecule has 0 bridgehead atoms. The topological polar surface area (TPSA) is 69.6 Å². The molecule has 5 heteroatoms. The zero-order valence-electron chi connectivity index (χ0n) is 10.0. The highest BCUT2D eigenvalue weighted by Gasteiger charge is 2.52. The number of aliphatic hydroxyl groups excluding tert-OH is 1. The van der Waals surface area contributed by atoms with E-state index in [1.807, 2.05) is 0 Å². The van der Waals surface area contributed by atoms with Gasteiger partial charge in [0.05, 0.1) is 0 Å². The van der Waals surface area contributed by atoms with Crippen molar-refractivity contribution in [3.05, 3.63) is 0 Å². The van der Waals surface area contributed by atoms with Crippen molar-refractivity contribution < 1.29 is 15.0 Å². The molecular weight excluding hydrogens is 238 g/mol. The van der Waals surface area contributed by atoms with E-state index in [4.69, 9.17) is 5.11 Å². The van der Waals surface area contributed by atoms with E-state index in [2.05, 4.69) is 5.32 Å². The van der Waals surface area contributed by atoms with Gasteiger partial charge in [0.1, 0.15) is 5.54 Å². The predicted molar refractivity (Wildman–Crippen MR) is 68.3 cm³/mol. The van der Waals surface area contributed by atoms with Crippen LogP contribution in [0.1, 0.15) is 32.1 Å². The first kappa shape index (κ1) is 13.2. The summed E-state index contributed by atoms with van der Waals surface area (Å²) >= 11 is 1.65. The Morgan fingerprint density at radius 1 is 1.35 bits per heavy atom. The molecule has 2 aliphatic carbocycles. The maximum atomic E-state index is 11.6. The fraction of sp³-hybridized carbons (Fsp3) is 0.917. The normalized spacial score (nSPS) is 23.4. The van der Waals surface area contributed by atoms with Crippen molar-refractivity contribution >= 4 is 17.7 Å². The third-order valence-corrected chi connectivity index (χ3v) is 4.71. The number of carboxylic acids is 1. The summed E-state index contributed by atoms with van der Waals surface area (Å²) in [4.78, 5) is 11.6. The zero-order valence-corrected chi connectivity index (χ0v) is 10.8. The smallest absolute Gasteiger partial charge is 0.325 e. The van der Waals surface area contributed by atoms with Crippen molar-refractivity contribution in [2.75, 3.05) is 18.1 Å². The zero-order chi connectivity index (χ0) is 12.3. The van der Waals surface area contributed by atoms with Crippen LogP contribution in [-0.4, -0.2) is 45.9 Å². The molecule has 0 aliphatic heterocycles. The first-order chi connectivity index (χ1) is 8.19. The van der Waals surface area contributed by atoms with E-state index in [0.29, 0.717) is 17.7 Å². The van der Waals surface area contributed by atoms with Crippen molar-refractivity contribution in [3.63, 3.8) is 0 Å². The lowest BCUT2D eigenvalue weighted by Gasteiger charge is -2.30. The van der Waals surface area contributed by atoms with E-state index in [1.54, 1.807) is 11.8 Å². The fourth-order valence-electron chi connectivity index (χ4n) is 2.14. The fourth-order valence-corrected chi connectivity index (χ4v) is 3.39. The number of hydrogen-bond acceptors (Lipinski definition) is 4. The molecule has 17 heavy (non-hydrogen) atoms. The number of rotatable bonds is 9. The Kier molecular flexibility index (Phi) is 4.33. The number of carboxylic acid groups (broad SMARTS) is 1. The number of thioether (sulfide) groups is 1. The number of aliphatic hydroxyl groups is 1. The lowest BCUT2D eigenvalue weighted by molar-refractivity contribution is -0.145. The van der Waals surface area contributed by atoms with Crippen LogP contribution in [0.15, 0.2) is 0 Å². The van der Waals surface area contributed by atoms with Crippen molar-refractivity contribution in [1.82, 2.24) is 5.32 Å². The van der Waals surface area contributed by atoms with Crippen molar-refractivity contribution in [2.24, 2.45) is 5.92 Å². The highest BCUT2D eigenvalue weighted by atomic mass is 32.2. The highest BCUT2D eigenvalue weighted by Crippen LogP contribution is 2.43. The van der Waals surface area contributed by atoms with Gasteiger partial charge in [0.25, 0.3) is 0 Å². The molecule has 3 N–H and O–H groups in total. The minimum Gasteiger partial charge on any atom is -0.480 e. The summed E-state index contributed by atoms with van der Waals surface area (Å²) in [6, 6.07) is 0.421. The molecule has 0 aromatic rings. The minimum absolute atomic E-state index is 0.187. The van der Waals surface area contributed by atoms with Gasteiger partial charge in [-0.1, -0.05) is 0 Å². The Hall–Kier alpha value is -0.260. The van der Waals surface area contributed by atoms with Crippen LogP contribution in [0.4, 0.5) is 0 Å². The third kappa shape index (κ3) is 3.36. The standard InChI is InChI=1S/C12H21NO3S/c14-6-1-7-17-8-12(11(15)16,9-2-3-9)13-10-4-5-10/h9-10,13-14H,1-8H2,(H,15,16). The van der Waals surface area contributed by atoms with E-state index >= 15 is 0 Å². The molecule has 2 fully saturated rings. The maximum absolute atomic E-state index is 11.6. The average molecular weight is 259 g/mol. The minimum atomic E-state index is -0.707. The van der Waals surface area contributed by atoms with Crippen LogP contribution in [0.3, 0.4) is 0 Å². The Balaban J connectivity index is 1.91. The molecule has 0 saturated heterocycles. The van der Waals surface area contributed by atoms with Crippen molar-refractivity contribution in [3.8, 4) is 0 Å². The molecule has 2 aliphatic rings. The number of nitrogens with one attached hydrogen (secondary N) is 1. The summed E-state index contributed by atoms with van der Waals surface area (Å²) < 4.78 is 0. The second-order valence-electron chi connectivity index (χ2n) is 5.10. The molecule has 0 heterocycles. The summed E-state index contributed by atoms with van der Waals surface area (Å²) in [6.45, 7) is 0.187. The van der Waals surface area contributed by atoms with E-state index in [-0.39, 0.29) is 6.61 Å². The van der Waals surface area contributed by atoms with Gasteiger partial charge in [-0.3, -0.25) is 10.1 Å². The molecule has 0 aromatic heterocycles. The first-order valence-electron chi connectivity index (χ1n) is 6.39. The number of carbonyl (C=O) groups is 1. The van der Waals surface area contributed by atoms with E-state index in [1.165, 1.54) is 0 Å². The SMILES string of the molecule is O=C(O)C(CSCCCO)(NC1CC1)C1CC1. The monoisotopic (exact) mass is 259 g/mol. The summed E-state index contributed by atoms with van der Waals surface area (Å²) in [6.07, 6.45) is 5.04. The summed E-state index contributed by atoms with van der Waals surface area (Å²) in [5.74, 6) is 1.08. The van der Waals surface area contributed by atoms with Crippen molar-refractivity contribution in [1.29, 1.82) is 0 Å². The quantitative estimate of drug-likeness (QED) is 0.541.